The molecule has 32 heavy (non-hydrogen) atoms. The van der Waals surface area contributed by atoms with Crippen LogP contribution in [0.4, 0.5) is 5.69 Å². The SMILES string of the molecule is CSc1cc(C)nc(SC)c1NC(=O)CCCCCCCCSc1nc2ccccc2s1. The number of para-hydroxylation sites is 1. The fourth-order valence-electron chi connectivity index (χ4n) is 3.41. The Morgan fingerprint density at radius 1 is 1.00 bits per heavy atom. The van der Waals surface area contributed by atoms with Crippen molar-refractivity contribution in [2.45, 2.75) is 66.1 Å². The van der Waals surface area contributed by atoms with E-state index < -0.39 is 0 Å². The molecule has 4 nitrogen and oxygen atoms in total. The Kier molecular flexibility index (Phi) is 10.7. The number of unbranched alkanes of at least 4 members (excludes halogenated alkanes) is 5. The molecule has 0 aliphatic rings. The van der Waals surface area contributed by atoms with E-state index >= 15 is 0 Å². The molecule has 3 rings (SSSR count). The van der Waals surface area contributed by atoms with E-state index in [1.165, 1.54) is 34.7 Å². The minimum absolute atomic E-state index is 0.0912. The van der Waals surface area contributed by atoms with Gasteiger partial charge in [0.2, 0.25) is 5.91 Å². The van der Waals surface area contributed by atoms with Gasteiger partial charge in [0.15, 0.2) is 4.34 Å². The number of nitrogens with zero attached hydrogens (tertiary/aromatic N) is 2. The fourth-order valence-corrected chi connectivity index (χ4v) is 6.85. The number of aromatic nitrogens is 2. The van der Waals surface area contributed by atoms with Gasteiger partial charge in [0.25, 0.3) is 0 Å². The summed E-state index contributed by atoms with van der Waals surface area (Å²) in [5.74, 6) is 1.22. The summed E-state index contributed by atoms with van der Waals surface area (Å²) in [6.07, 6.45) is 11.5. The monoisotopic (exact) mass is 505 g/mol. The molecule has 3 aromatic rings. The molecule has 1 aromatic carbocycles. The normalized spacial score (nSPS) is 11.2. The highest BCUT2D eigenvalue weighted by molar-refractivity contribution is 8.01. The number of carbonyl (C=O) groups excluding carboxylic acids is 1. The van der Waals surface area contributed by atoms with Crippen LogP contribution in [0.5, 0.6) is 0 Å². The van der Waals surface area contributed by atoms with E-state index in [2.05, 4.69) is 33.5 Å². The number of rotatable bonds is 13. The van der Waals surface area contributed by atoms with Gasteiger partial charge in [0.1, 0.15) is 5.03 Å². The first kappa shape index (κ1) is 25.4. The van der Waals surface area contributed by atoms with Crippen LogP contribution in [0.3, 0.4) is 0 Å². The Morgan fingerprint density at radius 3 is 2.50 bits per heavy atom. The molecule has 1 N–H and O–H groups in total. The Bertz CT molecular complexity index is 963. The van der Waals surface area contributed by atoms with Crippen LogP contribution < -0.4 is 5.32 Å². The molecular weight excluding hydrogens is 475 g/mol. The molecule has 2 aromatic heterocycles. The summed E-state index contributed by atoms with van der Waals surface area (Å²) in [6.45, 7) is 1.99. The first-order valence-corrected chi connectivity index (χ1v) is 15.2. The van der Waals surface area contributed by atoms with E-state index in [-0.39, 0.29) is 5.91 Å². The second-order valence-electron chi connectivity index (χ2n) is 7.57. The van der Waals surface area contributed by atoms with Gasteiger partial charge in [0, 0.05) is 22.8 Å². The first-order chi connectivity index (χ1) is 15.6. The van der Waals surface area contributed by atoms with Crippen molar-refractivity contribution < 1.29 is 4.79 Å². The van der Waals surface area contributed by atoms with Crippen LogP contribution in [0, 0.1) is 6.92 Å². The van der Waals surface area contributed by atoms with Crippen molar-refractivity contribution in [1.82, 2.24) is 9.97 Å². The molecule has 2 heterocycles. The summed E-state index contributed by atoms with van der Waals surface area (Å²) < 4.78 is 2.45. The van der Waals surface area contributed by atoms with Crippen molar-refractivity contribution in [3.63, 3.8) is 0 Å². The maximum Gasteiger partial charge on any atom is 0.224 e. The molecule has 1 amide bonds. The second-order valence-corrected chi connectivity index (χ2v) is 11.6. The zero-order chi connectivity index (χ0) is 22.8. The lowest BCUT2D eigenvalue weighted by Gasteiger charge is -2.14. The van der Waals surface area contributed by atoms with Gasteiger partial charge in [-0.2, -0.15) is 0 Å². The zero-order valence-electron chi connectivity index (χ0n) is 19.0. The van der Waals surface area contributed by atoms with Crippen molar-refractivity contribution in [2.75, 3.05) is 23.6 Å². The molecule has 0 saturated heterocycles. The number of carbonyl (C=O) groups is 1. The third kappa shape index (κ3) is 7.68. The number of hydrogen-bond acceptors (Lipinski definition) is 7. The predicted molar refractivity (Wildman–Crippen MR) is 144 cm³/mol. The van der Waals surface area contributed by atoms with Crippen molar-refractivity contribution in [2.24, 2.45) is 0 Å². The molecule has 0 atom stereocenters. The molecule has 0 bridgehead atoms. The van der Waals surface area contributed by atoms with Crippen LogP contribution >= 0.6 is 46.6 Å². The topological polar surface area (TPSA) is 54.9 Å². The number of hydrogen-bond donors (Lipinski definition) is 1. The van der Waals surface area contributed by atoms with Gasteiger partial charge in [-0.15, -0.1) is 34.9 Å². The third-order valence-electron chi connectivity index (χ3n) is 5.05. The van der Waals surface area contributed by atoms with Crippen LogP contribution in [0.1, 0.15) is 50.6 Å². The number of thiazole rings is 1. The molecule has 0 aliphatic carbocycles. The number of amides is 1. The van der Waals surface area contributed by atoms with E-state index in [0.29, 0.717) is 6.42 Å². The number of nitrogens with one attached hydrogen (secondary N) is 1. The van der Waals surface area contributed by atoms with E-state index in [9.17, 15) is 4.79 Å². The summed E-state index contributed by atoms with van der Waals surface area (Å²) >= 11 is 6.89. The summed E-state index contributed by atoms with van der Waals surface area (Å²) in [6, 6.07) is 10.4. The molecule has 172 valence electrons. The standard InChI is InChI=1S/C24H31N3OS4/c1-17-16-20(29-2)22(23(25-17)30-3)27-21(28)14-8-6-4-5-7-11-15-31-24-26-18-12-9-10-13-19(18)32-24/h9-10,12-13,16H,4-8,11,14-15H2,1-3H3,(H,27,28). The van der Waals surface area contributed by atoms with E-state index in [4.69, 9.17) is 0 Å². The number of pyridine rings is 1. The molecule has 0 fully saturated rings. The average Bonchev–Trinajstić information content (AvgIpc) is 3.21. The minimum Gasteiger partial charge on any atom is -0.323 e. The lowest BCUT2D eigenvalue weighted by atomic mass is 10.1. The fraction of sp³-hybridized carbons (Fsp3) is 0.458. The average molecular weight is 506 g/mol. The van der Waals surface area contributed by atoms with E-state index in [0.717, 1.165) is 45.4 Å². The highest BCUT2D eigenvalue weighted by atomic mass is 32.2. The zero-order valence-corrected chi connectivity index (χ0v) is 22.2. The van der Waals surface area contributed by atoms with Gasteiger partial charge in [-0.3, -0.25) is 4.79 Å². The lowest BCUT2D eigenvalue weighted by molar-refractivity contribution is -0.116. The van der Waals surface area contributed by atoms with Crippen LogP contribution in [0.25, 0.3) is 10.2 Å². The van der Waals surface area contributed by atoms with Crippen LogP contribution in [0.2, 0.25) is 0 Å². The number of thioether (sulfide) groups is 3. The molecule has 0 unspecified atom stereocenters. The quantitative estimate of drug-likeness (QED) is 0.188. The molecule has 0 aliphatic heterocycles. The number of fused-ring (bicyclic) bond motifs is 1. The Hall–Kier alpha value is -1.22. The lowest BCUT2D eigenvalue weighted by Crippen LogP contribution is -2.13. The van der Waals surface area contributed by atoms with Crippen LogP contribution in [-0.2, 0) is 4.79 Å². The van der Waals surface area contributed by atoms with E-state index in [1.807, 2.05) is 43.3 Å². The first-order valence-electron chi connectivity index (χ1n) is 11.0. The van der Waals surface area contributed by atoms with Gasteiger partial charge in [0.05, 0.1) is 15.9 Å². The Labute approximate surface area is 208 Å². The smallest absolute Gasteiger partial charge is 0.224 e. The highest BCUT2D eigenvalue weighted by Crippen LogP contribution is 2.34. The maximum absolute atomic E-state index is 12.4. The van der Waals surface area contributed by atoms with Crippen molar-refractivity contribution in [3.8, 4) is 0 Å². The maximum atomic E-state index is 12.4. The minimum atomic E-state index is 0.0912. The molecular formula is C24H31N3OS4. The number of anilines is 1. The Balaban J connectivity index is 1.27. The van der Waals surface area contributed by atoms with Gasteiger partial charge >= 0.3 is 0 Å². The summed E-state index contributed by atoms with van der Waals surface area (Å²) in [5, 5.41) is 4.00. The van der Waals surface area contributed by atoms with E-state index in [1.54, 1.807) is 34.9 Å². The summed E-state index contributed by atoms with van der Waals surface area (Å²) in [5.41, 5.74) is 2.96. The highest BCUT2D eigenvalue weighted by Gasteiger charge is 2.13. The summed E-state index contributed by atoms with van der Waals surface area (Å²) in [4.78, 5) is 22.8. The molecule has 0 radical (unpaired) electrons. The molecule has 0 saturated carbocycles. The van der Waals surface area contributed by atoms with Crippen LogP contribution in [0.15, 0.2) is 44.6 Å². The van der Waals surface area contributed by atoms with Gasteiger partial charge < -0.3 is 5.32 Å². The van der Waals surface area contributed by atoms with Crippen molar-refractivity contribution in [1.29, 1.82) is 0 Å². The van der Waals surface area contributed by atoms with Gasteiger partial charge in [-0.05, 0) is 50.5 Å². The van der Waals surface area contributed by atoms with Gasteiger partial charge in [-0.1, -0.05) is 49.6 Å². The predicted octanol–water partition coefficient (Wildman–Crippen LogP) is 7.91. The third-order valence-corrected chi connectivity index (χ3v) is 8.76. The molecule has 8 heteroatoms. The van der Waals surface area contributed by atoms with Crippen molar-refractivity contribution in [3.05, 3.63) is 36.0 Å². The van der Waals surface area contributed by atoms with Crippen LogP contribution in [-0.4, -0.2) is 34.1 Å². The second kappa shape index (κ2) is 13.5. The molecule has 0 spiro atoms. The summed E-state index contributed by atoms with van der Waals surface area (Å²) in [7, 11) is 0. The van der Waals surface area contributed by atoms with Gasteiger partial charge in [-0.25, -0.2) is 9.97 Å². The number of benzene rings is 1. The van der Waals surface area contributed by atoms with Crippen molar-refractivity contribution >= 4 is 68.4 Å². The largest absolute Gasteiger partial charge is 0.323 e. The number of aryl methyl sites for hydroxylation is 1. The Morgan fingerprint density at radius 2 is 1.75 bits per heavy atom.